The topological polar surface area (TPSA) is 92.2 Å². The predicted octanol–water partition coefficient (Wildman–Crippen LogP) is 3.25. The number of furan rings is 1. The second-order valence-corrected chi connectivity index (χ2v) is 5.38. The molecular weight excluding hydrogens is 292 g/mol. The minimum Gasteiger partial charge on any atom is -0.456 e. The van der Waals surface area contributed by atoms with Crippen LogP contribution in [0.4, 0.5) is 11.4 Å². The highest BCUT2D eigenvalue weighted by molar-refractivity contribution is 7.86. The molecule has 0 fully saturated rings. The quantitative estimate of drug-likeness (QED) is 0.678. The minimum atomic E-state index is -4.40. The monoisotopic (exact) mass is 304 g/mol. The van der Waals surface area contributed by atoms with E-state index >= 15 is 0 Å². The highest BCUT2D eigenvalue weighted by Crippen LogP contribution is 2.28. The first-order chi connectivity index (χ1) is 9.94. The van der Waals surface area contributed by atoms with Gasteiger partial charge in [-0.05, 0) is 43.1 Å². The second kappa shape index (κ2) is 5.86. The van der Waals surface area contributed by atoms with Gasteiger partial charge in [-0.15, -0.1) is 0 Å². The van der Waals surface area contributed by atoms with Crippen LogP contribution in [-0.4, -0.2) is 25.9 Å². The zero-order chi connectivity index (χ0) is 15.5. The molecule has 21 heavy (non-hydrogen) atoms. The van der Waals surface area contributed by atoms with Gasteiger partial charge in [0.1, 0.15) is 16.4 Å². The highest BCUT2D eigenvalue weighted by atomic mass is 32.2. The summed E-state index contributed by atoms with van der Waals surface area (Å²) in [6, 6.07) is 7.58. The number of aliphatic imine (C=N–C) groups is 2. The molecular formula is C14H12N2O4S. The van der Waals surface area contributed by atoms with Crippen LogP contribution in [0, 0.1) is 0 Å². The summed E-state index contributed by atoms with van der Waals surface area (Å²) in [5.74, 6) is 1.09. The van der Waals surface area contributed by atoms with Crippen molar-refractivity contribution in [3.63, 3.8) is 0 Å². The number of rotatable bonds is 5. The van der Waals surface area contributed by atoms with Crippen molar-refractivity contribution in [2.75, 3.05) is 0 Å². The summed E-state index contributed by atoms with van der Waals surface area (Å²) in [7, 11) is -4.40. The predicted molar refractivity (Wildman–Crippen MR) is 81.5 cm³/mol. The Bertz CT molecular complexity index is 819. The van der Waals surface area contributed by atoms with Gasteiger partial charge in [0.2, 0.25) is 0 Å². The van der Waals surface area contributed by atoms with Gasteiger partial charge in [0, 0.05) is 0 Å². The zero-order valence-corrected chi connectivity index (χ0v) is 11.7. The van der Waals surface area contributed by atoms with E-state index in [0.29, 0.717) is 17.2 Å². The van der Waals surface area contributed by atoms with Gasteiger partial charge in [-0.2, -0.15) is 8.42 Å². The Morgan fingerprint density at radius 1 is 1.19 bits per heavy atom. The summed E-state index contributed by atoms with van der Waals surface area (Å²) in [5.41, 5.74) is 0.384. The van der Waals surface area contributed by atoms with Crippen molar-refractivity contribution >= 4 is 40.5 Å². The first-order valence-corrected chi connectivity index (χ1v) is 7.22. The fourth-order valence-electron chi connectivity index (χ4n) is 1.61. The maximum atomic E-state index is 11.3. The van der Waals surface area contributed by atoms with Crippen LogP contribution in [0.1, 0.15) is 11.5 Å². The van der Waals surface area contributed by atoms with Crippen LogP contribution in [0.3, 0.4) is 0 Å². The van der Waals surface area contributed by atoms with Gasteiger partial charge in [0.25, 0.3) is 10.1 Å². The van der Waals surface area contributed by atoms with Crippen LogP contribution in [-0.2, 0) is 10.1 Å². The Kier molecular flexibility index (Phi) is 4.15. The highest BCUT2D eigenvalue weighted by Gasteiger charge is 2.15. The van der Waals surface area contributed by atoms with E-state index in [1.54, 1.807) is 24.3 Å². The van der Waals surface area contributed by atoms with E-state index in [0.717, 1.165) is 0 Å². The maximum absolute atomic E-state index is 11.3. The summed E-state index contributed by atoms with van der Waals surface area (Å²) in [5, 5.41) is 0. The van der Waals surface area contributed by atoms with Crippen molar-refractivity contribution < 1.29 is 17.4 Å². The first-order valence-electron chi connectivity index (χ1n) is 5.78. The molecule has 0 aliphatic rings. The lowest BCUT2D eigenvalue weighted by molar-refractivity contribution is 0.483. The molecule has 0 saturated heterocycles. The second-order valence-electron chi connectivity index (χ2n) is 3.99. The van der Waals surface area contributed by atoms with Crippen LogP contribution in [0.5, 0.6) is 0 Å². The van der Waals surface area contributed by atoms with Gasteiger partial charge >= 0.3 is 0 Å². The molecule has 0 amide bonds. The van der Waals surface area contributed by atoms with Crippen molar-refractivity contribution in [2.24, 2.45) is 9.98 Å². The van der Waals surface area contributed by atoms with Gasteiger partial charge in [-0.25, -0.2) is 0 Å². The number of hydrogen-bond acceptors (Lipinski definition) is 5. The number of hydrogen-bond donors (Lipinski definition) is 1. The summed E-state index contributed by atoms with van der Waals surface area (Å²) >= 11 is 0. The molecule has 6 nitrogen and oxygen atoms in total. The molecule has 0 bridgehead atoms. The molecule has 1 aromatic heterocycles. The van der Waals surface area contributed by atoms with Gasteiger partial charge in [-0.1, -0.05) is 6.58 Å². The van der Waals surface area contributed by atoms with Crippen LogP contribution >= 0.6 is 0 Å². The molecule has 0 unspecified atom stereocenters. The van der Waals surface area contributed by atoms with E-state index in [9.17, 15) is 8.42 Å². The van der Waals surface area contributed by atoms with Crippen LogP contribution in [0.15, 0.2) is 56.2 Å². The molecule has 2 aromatic rings. The lowest BCUT2D eigenvalue weighted by atomic mass is 10.3. The normalized spacial score (nSPS) is 11.7. The summed E-state index contributed by atoms with van der Waals surface area (Å²) in [4.78, 5) is 7.27. The van der Waals surface area contributed by atoms with Gasteiger partial charge in [0.15, 0.2) is 0 Å². The van der Waals surface area contributed by atoms with E-state index < -0.39 is 10.1 Å². The molecule has 0 aliphatic heterocycles. The minimum absolute atomic E-state index is 0.0587. The average Bonchev–Trinajstić information content (AvgIpc) is 2.92. The van der Waals surface area contributed by atoms with Gasteiger partial charge in [-0.3, -0.25) is 14.5 Å². The molecule has 0 radical (unpaired) electrons. The van der Waals surface area contributed by atoms with Crippen molar-refractivity contribution in [1.82, 2.24) is 0 Å². The Morgan fingerprint density at radius 2 is 1.90 bits per heavy atom. The maximum Gasteiger partial charge on any atom is 0.296 e. The average molecular weight is 304 g/mol. The van der Waals surface area contributed by atoms with E-state index in [1.807, 2.05) is 0 Å². The van der Waals surface area contributed by atoms with Crippen LogP contribution in [0.25, 0.3) is 6.08 Å². The Morgan fingerprint density at radius 3 is 2.48 bits per heavy atom. The third-order valence-electron chi connectivity index (χ3n) is 2.58. The molecule has 0 spiro atoms. The number of benzene rings is 1. The van der Waals surface area contributed by atoms with E-state index in [2.05, 4.69) is 23.3 Å². The smallest absolute Gasteiger partial charge is 0.296 e. The van der Waals surface area contributed by atoms with E-state index in [4.69, 9.17) is 8.97 Å². The third-order valence-corrected chi connectivity index (χ3v) is 3.46. The Balaban J connectivity index is 2.37. The number of nitrogens with zero attached hydrogens (tertiary/aromatic N) is 2. The molecule has 1 N–H and O–H groups in total. The summed E-state index contributed by atoms with van der Waals surface area (Å²) in [6.07, 6.45) is 2.98. The van der Waals surface area contributed by atoms with Gasteiger partial charge < -0.3 is 4.42 Å². The molecule has 2 rings (SSSR count). The van der Waals surface area contributed by atoms with Crippen molar-refractivity contribution in [1.29, 1.82) is 0 Å². The van der Waals surface area contributed by atoms with Crippen molar-refractivity contribution in [3.8, 4) is 0 Å². The Labute approximate surface area is 121 Å². The molecule has 0 atom stereocenters. The largest absolute Gasteiger partial charge is 0.456 e. The summed E-state index contributed by atoms with van der Waals surface area (Å²) in [6.45, 7) is 6.82. The lowest BCUT2D eigenvalue weighted by Crippen LogP contribution is -1.98. The first kappa shape index (κ1) is 14.9. The molecule has 108 valence electrons. The van der Waals surface area contributed by atoms with E-state index in [1.165, 1.54) is 18.3 Å². The third kappa shape index (κ3) is 3.53. The Hall–Kier alpha value is -2.51. The van der Waals surface area contributed by atoms with E-state index in [-0.39, 0.29) is 10.6 Å². The van der Waals surface area contributed by atoms with Crippen molar-refractivity contribution in [2.45, 2.75) is 4.90 Å². The molecule has 0 aliphatic carbocycles. The zero-order valence-electron chi connectivity index (χ0n) is 10.9. The SMILES string of the molecule is C=Cc1ccc(C=Nc2ccc(N=C)c(S(=O)(=O)O)c2)o1. The van der Waals surface area contributed by atoms with Crippen LogP contribution in [0.2, 0.25) is 0 Å². The van der Waals surface area contributed by atoms with Gasteiger partial charge in [0.05, 0.1) is 17.6 Å². The fraction of sp³-hybridized carbons (Fsp3) is 0. The molecule has 1 heterocycles. The molecule has 7 heteroatoms. The lowest BCUT2D eigenvalue weighted by Gasteiger charge is -2.02. The fourth-order valence-corrected chi connectivity index (χ4v) is 2.27. The molecule has 1 aromatic carbocycles. The summed E-state index contributed by atoms with van der Waals surface area (Å²) < 4.78 is 37.0. The molecule has 0 saturated carbocycles. The standard InChI is InChI=1S/C14H12N2O4S/c1-3-11-5-6-12(20-11)9-16-10-4-7-13(15-2)14(8-10)21(17,18)19/h3-9H,1-2H2,(H,17,18,19). The van der Waals surface area contributed by atoms with Crippen LogP contribution < -0.4 is 0 Å². The van der Waals surface area contributed by atoms with Crippen molar-refractivity contribution in [3.05, 3.63) is 48.4 Å².